The monoisotopic (exact) mass is 468 g/mol. The first-order chi connectivity index (χ1) is 15.6. The molecule has 3 aromatic rings. The van der Waals surface area contributed by atoms with E-state index in [4.69, 9.17) is 4.74 Å². The molecule has 2 heterocycles. The predicted octanol–water partition coefficient (Wildman–Crippen LogP) is 4.36. The van der Waals surface area contributed by atoms with Gasteiger partial charge in [0, 0.05) is 42.3 Å². The number of aromatic nitrogens is 2. The minimum Gasteiger partial charge on any atom is -0.384 e. The molecule has 2 aromatic carbocycles. The highest BCUT2D eigenvalue weighted by Gasteiger charge is 2.34. The standard InChI is InChI=1S/C23H24N4O3S2/c1-15-7-3-5-9-18(15)27-14-16(13-20(27)28)22-25-26-23(32-22)24-21(29)17-8-4-6-10-19(17)31-12-11-30-2/h3-10,16H,11-14H2,1-2H3,(H,24,26,29). The number of ether oxygens (including phenoxy) is 1. The lowest BCUT2D eigenvalue weighted by Gasteiger charge is -2.18. The number of nitrogens with one attached hydrogen (secondary N) is 1. The van der Waals surface area contributed by atoms with Crippen LogP contribution in [0.15, 0.2) is 53.4 Å². The molecule has 4 rings (SSSR count). The van der Waals surface area contributed by atoms with Crippen LogP contribution in [0.1, 0.15) is 33.3 Å². The summed E-state index contributed by atoms with van der Waals surface area (Å²) in [5.41, 5.74) is 2.58. The van der Waals surface area contributed by atoms with Crippen LogP contribution < -0.4 is 10.2 Å². The zero-order chi connectivity index (χ0) is 22.5. The number of para-hydroxylation sites is 1. The van der Waals surface area contributed by atoms with Gasteiger partial charge in [-0.1, -0.05) is 41.7 Å². The highest BCUT2D eigenvalue weighted by atomic mass is 32.2. The minimum atomic E-state index is -0.225. The third-order valence-corrected chi connectivity index (χ3v) is 7.26. The van der Waals surface area contributed by atoms with Gasteiger partial charge in [-0.2, -0.15) is 0 Å². The van der Waals surface area contributed by atoms with E-state index in [1.54, 1.807) is 24.9 Å². The molecule has 0 radical (unpaired) electrons. The summed E-state index contributed by atoms with van der Waals surface area (Å²) in [5.74, 6) is 0.572. The topological polar surface area (TPSA) is 84.4 Å². The van der Waals surface area contributed by atoms with Crippen LogP contribution in [-0.4, -0.2) is 48.0 Å². The summed E-state index contributed by atoms with van der Waals surface area (Å²) < 4.78 is 5.10. The molecule has 2 amide bonds. The Hall–Kier alpha value is -2.75. The van der Waals surface area contributed by atoms with Gasteiger partial charge in [0.05, 0.1) is 12.2 Å². The molecule has 1 aliphatic heterocycles. The Kier molecular flexibility index (Phi) is 7.19. The fourth-order valence-electron chi connectivity index (χ4n) is 3.60. The Labute approximate surface area is 195 Å². The van der Waals surface area contributed by atoms with Crippen molar-refractivity contribution in [2.45, 2.75) is 24.2 Å². The maximum Gasteiger partial charge on any atom is 0.258 e. The predicted molar refractivity (Wildman–Crippen MR) is 128 cm³/mol. The molecular formula is C23H24N4O3S2. The second-order valence-electron chi connectivity index (χ2n) is 7.43. The van der Waals surface area contributed by atoms with Crippen molar-refractivity contribution in [2.24, 2.45) is 0 Å². The Morgan fingerprint density at radius 1 is 1.22 bits per heavy atom. The molecule has 1 aliphatic rings. The van der Waals surface area contributed by atoms with Crippen molar-refractivity contribution >= 4 is 45.7 Å². The van der Waals surface area contributed by atoms with E-state index >= 15 is 0 Å². The number of hydrogen-bond donors (Lipinski definition) is 1. The lowest BCUT2D eigenvalue weighted by molar-refractivity contribution is -0.117. The molecule has 0 bridgehead atoms. The molecule has 1 fully saturated rings. The average Bonchev–Trinajstić information content (AvgIpc) is 3.41. The van der Waals surface area contributed by atoms with Gasteiger partial charge in [0.2, 0.25) is 11.0 Å². The molecular weight excluding hydrogens is 444 g/mol. The summed E-state index contributed by atoms with van der Waals surface area (Å²) in [6.07, 6.45) is 0.385. The fourth-order valence-corrected chi connectivity index (χ4v) is 5.39. The zero-order valence-corrected chi connectivity index (χ0v) is 19.5. The van der Waals surface area contributed by atoms with Gasteiger partial charge >= 0.3 is 0 Å². The van der Waals surface area contributed by atoms with Crippen molar-refractivity contribution in [3.05, 3.63) is 64.7 Å². The third-order valence-electron chi connectivity index (χ3n) is 5.22. The number of carbonyl (C=O) groups is 2. The van der Waals surface area contributed by atoms with E-state index in [1.165, 1.54) is 11.3 Å². The molecule has 1 saturated heterocycles. The highest BCUT2D eigenvalue weighted by molar-refractivity contribution is 7.99. The highest BCUT2D eigenvalue weighted by Crippen LogP contribution is 2.35. The largest absolute Gasteiger partial charge is 0.384 e. The van der Waals surface area contributed by atoms with E-state index < -0.39 is 0 Å². The van der Waals surface area contributed by atoms with Crippen LogP contribution >= 0.6 is 23.1 Å². The first kappa shape index (κ1) is 22.4. The van der Waals surface area contributed by atoms with Crippen LogP contribution in [-0.2, 0) is 9.53 Å². The van der Waals surface area contributed by atoms with Gasteiger partial charge in [-0.25, -0.2) is 0 Å². The number of benzene rings is 2. The van der Waals surface area contributed by atoms with E-state index in [-0.39, 0.29) is 17.7 Å². The van der Waals surface area contributed by atoms with Gasteiger partial charge in [0.1, 0.15) is 5.01 Å². The molecule has 0 spiro atoms. The number of methoxy groups -OCH3 is 1. The number of rotatable bonds is 8. The number of amides is 2. The van der Waals surface area contributed by atoms with Gasteiger partial charge in [-0.05, 0) is 30.7 Å². The number of aryl methyl sites for hydroxylation is 1. The third kappa shape index (κ3) is 5.01. The average molecular weight is 469 g/mol. The quantitative estimate of drug-likeness (QED) is 0.391. The van der Waals surface area contributed by atoms with E-state index in [9.17, 15) is 9.59 Å². The maximum atomic E-state index is 12.8. The summed E-state index contributed by atoms with van der Waals surface area (Å²) in [4.78, 5) is 28.2. The molecule has 7 nitrogen and oxygen atoms in total. The SMILES string of the molecule is COCCSc1ccccc1C(=O)Nc1nnc(C2CC(=O)N(c3ccccc3C)C2)s1. The fraction of sp³-hybridized carbons (Fsp3) is 0.304. The van der Waals surface area contributed by atoms with Gasteiger partial charge in [-0.15, -0.1) is 22.0 Å². The molecule has 166 valence electrons. The molecule has 0 aliphatic carbocycles. The molecule has 1 unspecified atom stereocenters. The molecule has 1 aromatic heterocycles. The Bertz CT molecular complexity index is 1120. The van der Waals surface area contributed by atoms with Gasteiger partial charge < -0.3 is 9.64 Å². The Balaban J connectivity index is 1.43. The first-order valence-electron chi connectivity index (χ1n) is 10.3. The maximum absolute atomic E-state index is 12.8. The van der Waals surface area contributed by atoms with Crippen molar-refractivity contribution in [3.63, 3.8) is 0 Å². The van der Waals surface area contributed by atoms with Crippen LogP contribution in [0.3, 0.4) is 0 Å². The zero-order valence-electron chi connectivity index (χ0n) is 17.9. The second kappa shape index (κ2) is 10.2. The lowest BCUT2D eigenvalue weighted by atomic mass is 10.1. The first-order valence-corrected chi connectivity index (χ1v) is 12.1. The molecule has 1 N–H and O–H groups in total. The summed E-state index contributed by atoms with van der Waals surface area (Å²) in [6, 6.07) is 15.3. The Morgan fingerprint density at radius 2 is 2.00 bits per heavy atom. The summed E-state index contributed by atoms with van der Waals surface area (Å²) >= 11 is 2.90. The van der Waals surface area contributed by atoms with Crippen molar-refractivity contribution in [1.29, 1.82) is 0 Å². The normalized spacial score (nSPS) is 15.9. The van der Waals surface area contributed by atoms with Crippen molar-refractivity contribution in [2.75, 3.05) is 36.2 Å². The minimum absolute atomic E-state index is 0.0397. The molecule has 1 atom stereocenters. The van der Waals surface area contributed by atoms with Gasteiger partial charge in [0.25, 0.3) is 5.91 Å². The molecule has 0 saturated carbocycles. The summed E-state index contributed by atoms with van der Waals surface area (Å²) in [5, 5.41) is 12.5. The number of thioether (sulfide) groups is 1. The summed E-state index contributed by atoms with van der Waals surface area (Å²) in [7, 11) is 1.66. The van der Waals surface area contributed by atoms with E-state index in [2.05, 4.69) is 15.5 Å². The van der Waals surface area contributed by atoms with Gasteiger partial charge in [-0.3, -0.25) is 14.9 Å². The number of nitrogens with zero attached hydrogens (tertiary/aromatic N) is 3. The van der Waals surface area contributed by atoms with Crippen LogP contribution in [0.2, 0.25) is 0 Å². The summed E-state index contributed by atoms with van der Waals surface area (Å²) in [6.45, 7) is 3.17. The van der Waals surface area contributed by atoms with E-state index in [0.29, 0.717) is 30.3 Å². The van der Waals surface area contributed by atoms with Crippen LogP contribution in [0.5, 0.6) is 0 Å². The lowest BCUT2D eigenvalue weighted by Crippen LogP contribution is -2.25. The smallest absolute Gasteiger partial charge is 0.258 e. The van der Waals surface area contributed by atoms with Crippen LogP contribution in [0, 0.1) is 6.92 Å². The van der Waals surface area contributed by atoms with Crippen molar-refractivity contribution in [1.82, 2.24) is 10.2 Å². The van der Waals surface area contributed by atoms with Crippen LogP contribution in [0.4, 0.5) is 10.8 Å². The van der Waals surface area contributed by atoms with Gasteiger partial charge in [0.15, 0.2) is 0 Å². The second-order valence-corrected chi connectivity index (χ2v) is 9.57. The van der Waals surface area contributed by atoms with Crippen molar-refractivity contribution in [3.8, 4) is 0 Å². The van der Waals surface area contributed by atoms with Crippen LogP contribution in [0.25, 0.3) is 0 Å². The van der Waals surface area contributed by atoms with E-state index in [0.717, 1.165) is 26.9 Å². The molecule has 9 heteroatoms. The molecule has 32 heavy (non-hydrogen) atoms. The Morgan fingerprint density at radius 3 is 2.81 bits per heavy atom. The number of hydrogen-bond acceptors (Lipinski definition) is 7. The van der Waals surface area contributed by atoms with Crippen molar-refractivity contribution < 1.29 is 14.3 Å². The number of anilines is 2. The number of carbonyl (C=O) groups excluding carboxylic acids is 2. The van der Waals surface area contributed by atoms with E-state index in [1.807, 2.05) is 54.3 Å².